The van der Waals surface area contributed by atoms with E-state index in [2.05, 4.69) is 53.7 Å². The average molecular weight is 259 g/mol. The first-order valence-electron chi connectivity index (χ1n) is 5.96. The monoisotopic (exact) mass is 258 g/mol. The summed E-state index contributed by atoms with van der Waals surface area (Å²) in [6.45, 7) is 1.09. The minimum Gasteiger partial charge on any atom is -1.00 e. The number of benzene rings is 1. The molecule has 1 aromatic carbocycles. The van der Waals surface area contributed by atoms with Crippen LogP contribution < -0.4 is 17.3 Å². The van der Waals surface area contributed by atoms with Crippen molar-refractivity contribution in [2.75, 3.05) is 6.54 Å². The Labute approximate surface area is 113 Å². The molecule has 1 aromatic heterocycles. The Bertz CT molecular complexity index is 537. The van der Waals surface area contributed by atoms with Gasteiger partial charge in [0.1, 0.15) is 11.9 Å². The number of nitrogens with one attached hydrogen (secondary N) is 1. The zero-order chi connectivity index (χ0) is 11.5. The molecule has 2 nitrogen and oxygen atoms in total. The molecule has 0 spiro atoms. The van der Waals surface area contributed by atoms with Crippen molar-refractivity contribution in [3.8, 4) is 0 Å². The first-order valence-corrected chi connectivity index (χ1v) is 5.96. The van der Waals surface area contributed by atoms with Gasteiger partial charge in [0, 0.05) is 36.5 Å². The lowest BCUT2D eigenvalue weighted by atomic mass is 10.1. The average Bonchev–Trinajstić information content (AvgIpc) is 2.81. The highest BCUT2D eigenvalue weighted by Gasteiger charge is 2.18. The van der Waals surface area contributed by atoms with Crippen LogP contribution in [-0.4, -0.2) is 11.5 Å². The minimum atomic E-state index is 0. The van der Waals surface area contributed by atoms with E-state index in [9.17, 15) is 0 Å². The first kappa shape index (κ1) is 12.8. The molecule has 0 fully saturated rings. The molecule has 0 aliphatic carbocycles. The Morgan fingerprint density at radius 1 is 1.00 bits per heavy atom. The molecule has 92 valence electrons. The zero-order valence-electron chi connectivity index (χ0n) is 10.0. The van der Waals surface area contributed by atoms with Gasteiger partial charge in [-0.1, -0.05) is 12.1 Å². The maximum absolute atomic E-state index is 4.04. The van der Waals surface area contributed by atoms with E-state index in [1.54, 1.807) is 0 Å². The van der Waals surface area contributed by atoms with Crippen LogP contribution in [0.3, 0.4) is 0 Å². The SMILES string of the molecule is C1=C[NH+](CCc2ccncc2)c2ccccc21.[Cl-]. The van der Waals surface area contributed by atoms with E-state index in [1.807, 2.05) is 12.4 Å². The Morgan fingerprint density at radius 2 is 1.78 bits per heavy atom. The number of pyridine rings is 1. The maximum Gasteiger partial charge on any atom is 0.143 e. The number of aromatic nitrogens is 1. The summed E-state index contributed by atoms with van der Waals surface area (Å²) in [7, 11) is 0. The van der Waals surface area contributed by atoms with E-state index in [4.69, 9.17) is 0 Å². The third-order valence-electron chi connectivity index (χ3n) is 3.20. The minimum absolute atomic E-state index is 0. The van der Waals surface area contributed by atoms with Crippen LogP contribution >= 0.6 is 0 Å². The van der Waals surface area contributed by atoms with E-state index < -0.39 is 0 Å². The molecule has 0 radical (unpaired) electrons. The van der Waals surface area contributed by atoms with Crippen molar-refractivity contribution >= 4 is 11.8 Å². The second kappa shape index (κ2) is 5.80. The molecule has 1 aliphatic rings. The van der Waals surface area contributed by atoms with E-state index >= 15 is 0 Å². The summed E-state index contributed by atoms with van der Waals surface area (Å²) in [5.41, 5.74) is 4.09. The molecule has 1 N–H and O–H groups in total. The van der Waals surface area contributed by atoms with Crippen molar-refractivity contribution in [1.82, 2.24) is 4.98 Å². The summed E-state index contributed by atoms with van der Waals surface area (Å²) in [5.74, 6) is 0. The van der Waals surface area contributed by atoms with Gasteiger partial charge in [0.15, 0.2) is 0 Å². The van der Waals surface area contributed by atoms with Gasteiger partial charge in [0.2, 0.25) is 0 Å². The van der Waals surface area contributed by atoms with Gasteiger partial charge in [0.05, 0.1) is 6.54 Å². The predicted molar refractivity (Wildman–Crippen MR) is 68.9 cm³/mol. The zero-order valence-corrected chi connectivity index (χ0v) is 10.8. The van der Waals surface area contributed by atoms with Gasteiger partial charge in [-0.05, 0) is 23.8 Å². The quantitative estimate of drug-likeness (QED) is 0.735. The standard InChI is InChI=1S/C15H14N2.ClH/c1-2-4-15-14(3-1)8-12-17(15)11-7-13-5-9-16-10-6-13;/h1-6,8-10,12H,7,11H2;1H. The van der Waals surface area contributed by atoms with E-state index in [0.29, 0.717) is 0 Å². The van der Waals surface area contributed by atoms with E-state index in [0.717, 1.165) is 13.0 Å². The lowest BCUT2D eigenvalue weighted by Gasteiger charge is -2.11. The fraction of sp³-hybridized carbons (Fsp3) is 0.133. The number of para-hydroxylation sites is 1. The summed E-state index contributed by atoms with van der Waals surface area (Å²) < 4.78 is 0. The number of rotatable bonds is 3. The van der Waals surface area contributed by atoms with Crippen LogP contribution in [0.5, 0.6) is 0 Å². The molecule has 0 bridgehead atoms. The van der Waals surface area contributed by atoms with Gasteiger partial charge in [-0.25, -0.2) is 0 Å². The number of quaternary nitrogens is 1. The van der Waals surface area contributed by atoms with Crippen molar-refractivity contribution in [1.29, 1.82) is 0 Å². The Morgan fingerprint density at radius 3 is 2.61 bits per heavy atom. The van der Waals surface area contributed by atoms with Crippen LogP contribution in [0.25, 0.3) is 6.08 Å². The lowest BCUT2D eigenvalue weighted by Crippen LogP contribution is -3.01. The first-order chi connectivity index (χ1) is 8.43. The van der Waals surface area contributed by atoms with Crippen LogP contribution in [0.2, 0.25) is 0 Å². The van der Waals surface area contributed by atoms with Crippen molar-refractivity contribution in [3.05, 3.63) is 66.1 Å². The summed E-state index contributed by atoms with van der Waals surface area (Å²) in [4.78, 5) is 5.48. The van der Waals surface area contributed by atoms with Crippen molar-refractivity contribution < 1.29 is 17.3 Å². The number of fused-ring (bicyclic) bond motifs is 1. The summed E-state index contributed by atoms with van der Waals surface area (Å²) >= 11 is 0. The van der Waals surface area contributed by atoms with Crippen molar-refractivity contribution in [2.24, 2.45) is 0 Å². The molecule has 0 amide bonds. The second-order valence-corrected chi connectivity index (χ2v) is 4.30. The van der Waals surface area contributed by atoms with Gasteiger partial charge >= 0.3 is 0 Å². The molecule has 18 heavy (non-hydrogen) atoms. The van der Waals surface area contributed by atoms with Gasteiger partial charge in [0.25, 0.3) is 0 Å². The largest absolute Gasteiger partial charge is 1.00 e. The van der Waals surface area contributed by atoms with E-state index in [-0.39, 0.29) is 12.4 Å². The van der Waals surface area contributed by atoms with Crippen LogP contribution in [0.1, 0.15) is 11.1 Å². The molecular formula is C15H15ClN2. The molecule has 2 heterocycles. The molecular weight excluding hydrogens is 244 g/mol. The molecule has 2 aromatic rings. The highest BCUT2D eigenvalue weighted by Crippen LogP contribution is 2.15. The topological polar surface area (TPSA) is 17.3 Å². The van der Waals surface area contributed by atoms with Gasteiger partial charge in [-0.15, -0.1) is 0 Å². The Balaban J connectivity index is 0.00000120. The van der Waals surface area contributed by atoms with Crippen molar-refractivity contribution in [3.63, 3.8) is 0 Å². The van der Waals surface area contributed by atoms with Gasteiger partial charge < -0.3 is 12.4 Å². The maximum atomic E-state index is 4.04. The fourth-order valence-corrected chi connectivity index (χ4v) is 2.26. The Hall–Kier alpha value is -1.64. The number of nitrogens with zero attached hydrogens (tertiary/aromatic N) is 1. The van der Waals surface area contributed by atoms with Crippen LogP contribution in [-0.2, 0) is 6.42 Å². The molecule has 0 saturated heterocycles. The summed E-state index contributed by atoms with van der Waals surface area (Å²) in [6.07, 6.45) is 9.25. The highest BCUT2D eigenvalue weighted by molar-refractivity contribution is 5.63. The molecule has 1 unspecified atom stereocenters. The second-order valence-electron chi connectivity index (χ2n) is 4.30. The fourth-order valence-electron chi connectivity index (χ4n) is 2.26. The Kier molecular flexibility index (Phi) is 4.13. The predicted octanol–water partition coefficient (Wildman–Crippen LogP) is -1.17. The normalized spacial score (nSPS) is 16.1. The van der Waals surface area contributed by atoms with Crippen LogP contribution in [0.4, 0.5) is 5.69 Å². The molecule has 0 saturated carbocycles. The van der Waals surface area contributed by atoms with Gasteiger partial charge in [-0.3, -0.25) is 9.88 Å². The molecule has 3 rings (SSSR count). The number of halogens is 1. The van der Waals surface area contributed by atoms with Crippen LogP contribution in [0.15, 0.2) is 55.0 Å². The lowest BCUT2D eigenvalue weighted by molar-refractivity contribution is -0.771. The van der Waals surface area contributed by atoms with E-state index in [1.165, 1.54) is 21.7 Å². The molecule has 1 aliphatic heterocycles. The number of hydrogen-bond donors (Lipinski definition) is 1. The smallest absolute Gasteiger partial charge is 0.143 e. The third kappa shape index (κ3) is 2.61. The van der Waals surface area contributed by atoms with Crippen LogP contribution in [0, 0.1) is 0 Å². The molecule has 3 heteroatoms. The molecule has 1 atom stereocenters. The third-order valence-corrected chi connectivity index (χ3v) is 3.20. The summed E-state index contributed by atoms with van der Waals surface area (Å²) in [5, 5.41) is 0. The van der Waals surface area contributed by atoms with Gasteiger partial charge in [-0.2, -0.15) is 0 Å². The highest BCUT2D eigenvalue weighted by atomic mass is 35.5. The van der Waals surface area contributed by atoms with Crippen molar-refractivity contribution in [2.45, 2.75) is 6.42 Å². The summed E-state index contributed by atoms with van der Waals surface area (Å²) in [6, 6.07) is 12.8. The number of hydrogen-bond acceptors (Lipinski definition) is 1.